The minimum Gasteiger partial charge on any atom is -0.412 e. The molecule has 14 heavy (non-hydrogen) atoms. The summed E-state index contributed by atoms with van der Waals surface area (Å²) in [6.07, 6.45) is 3.23. The molecule has 0 fully saturated rings. The van der Waals surface area contributed by atoms with Crippen LogP contribution in [0, 0.1) is 0 Å². The third-order valence-corrected chi connectivity index (χ3v) is 1.68. The standard InChI is InChI=1S/C9H9ClN2O.H2O/c10-8-4-1-7(2-5-8)3-6-9(11)12-13;/h1-6,13H,(H2,11,12);1H2/b6-3+;. The Bertz CT molecular complexity index is 333. The zero-order valence-electron chi connectivity index (χ0n) is 7.31. The Balaban J connectivity index is 0.00000169. The van der Waals surface area contributed by atoms with Crippen molar-refractivity contribution < 1.29 is 10.7 Å². The van der Waals surface area contributed by atoms with Gasteiger partial charge in [0.1, 0.15) is 0 Å². The average Bonchev–Trinajstić information content (AvgIpc) is 2.16. The van der Waals surface area contributed by atoms with E-state index in [4.69, 9.17) is 22.5 Å². The predicted octanol–water partition coefficient (Wildman–Crippen LogP) is 1.27. The van der Waals surface area contributed by atoms with Crippen molar-refractivity contribution in [1.82, 2.24) is 0 Å². The summed E-state index contributed by atoms with van der Waals surface area (Å²) in [6, 6.07) is 7.22. The maximum absolute atomic E-state index is 8.25. The first-order valence-corrected chi connectivity index (χ1v) is 4.01. The van der Waals surface area contributed by atoms with Gasteiger partial charge >= 0.3 is 0 Å². The minimum atomic E-state index is 0. The van der Waals surface area contributed by atoms with Gasteiger partial charge in [-0.05, 0) is 23.8 Å². The maximum atomic E-state index is 8.25. The molecule has 0 unspecified atom stereocenters. The lowest BCUT2D eigenvalue weighted by molar-refractivity contribution is 0.319. The molecular weight excluding hydrogens is 204 g/mol. The van der Waals surface area contributed by atoms with Crippen molar-refractivity contribution in [1.29, 1.82) is 0 Å². The van der Waals surface area contributed by atoms with Crippen LogP contribution in [0.1, 0.15) is 5.56 Å². The fourth-order valence-electron chi connectivity index (χ4n) is 0.789. The highest BCUT2D eigenvalue weighted by molar-refractivity contribution is 6.30. The second-order valence-corrected chi connectivity index (χ2v) is 2.85. The summed E-state index contributed by atoms with van der Waals surface area (Å²) in [7, 11) is 0. The Morgan fingerprint density at radius 3 is 2.43 bits per heavy atom. The summed E-state index contributed by atoms with van der Waals surface area (Å²) in [6.45, 7) is 0. The molecule has 1 aromatic carbocycles. The molecule has 0 heterocycles. The molecule has 1 aromatic rings. The number of amidine groups is 1. The molecule has 0 radical (unpaired) electrons. The molecule has 5 N–H and O–H groups in total. The van der Waals surface area contributed by atoms with Gasteiger partial charge in [0.25, 0.3) is 0 Å². The van der Waals surface area contributed by atoms with Crippen LogP contribution in [-0.4, -0.2) is 16.5 Å². The first-order chi connectivity index (χ1) is 6.22. The van der Waals surface area contributed by atoms with Crippen LogP contribution in [0.2, 0.25) is 5.02 Å². The van der Waals surface area contributed by atoms with Crippen molar-refractivity contribution in [3.63, 3.8) is 0 Å². The number of nitrogens with two attached hydrogens (primary N) is 1. The van der Waals surface area contributed by atoms with E-state index >= 15 is 0 Å². The van der Waals surface area contributed by atoms with Gasteiger partial charge in [0.15, 0.2) is 5.84 Å². The highest BCUT2D eigenvalue weighted by atomic mass is 35.5. The molecule has 0 aliphatic heterocycles. The van der Waals surface area contributed by atoms with Crippen molar-refractivity contribution >= 4 is 23.5 Å². The normalized spacial score (nSPS) is 11.4. The van der Waals surface area contributed by atoms with Gasteiger partial charge in [0, 0.05) is 5.02 Å². The summed E-state index contributed by atoms with van der Waals surface area (Å²) in [5, 5.41) is 11.7. The van der Waals surface area contributed by atoms with E-state index in [2.05, 4.69) is 5.16 Å². The molecular formula is C9H11ClN2O2. The fourth-order valence-corrected chi connectivity index (χ4v) is 0.915. The molecule has 5 heteroatoms. The SMILES string of the molecule is NC(/C=C/c1ccc(Cl)cc1)=N\O.O. The van der Waals surface area contributed by atoms with Crippen molar-refractivity contribution in [3.8, 4) is 0 Å². The van der Waals surface area contributed by atoms with Gasteiger partial charge in [-0.25, -0.2) is 0 Å². The van der Waals surface area contributed by atoms with Crippen LogP contribution in [0.15, 0.2) is 35.5 Å². The van der Waals surface area contributed by atoms with Crippen LogP contribution < -0.4 is 5.73 Å². The molecule has 1 rings (SSSR count). The monoisotopic (exact) mass is 214 g/mol. The second kappa shape index (κ2) is 6.01. The van der Waals surface area contributed by atoms with Crippen molar-refractivity contribution in [2.45, 2.75) is 0 Å². The summed E-state index contributed by atoms with van der Waals surface area (Å²) in [4.78, 5) is 0. The van der Waals surface area contributed by atoms with Gasteiger partial charge in [-0.15, -0.1) is 0 Å². The van der Waals surface area contributed by atoms with Crippen LogP contribution >= 0.6 is 11.6 Å². The summed E-state index contributed by atoms with van der Waals surface area (Å²) >= 11 is 5.69. The molecule has 0 bridgehead atoms. The van der Waals surface area contributed by atoms with Gasteiger partial charge in [-0.2, -0.15) is 0 Å². The number of rotatable bonds is 2. The summed E-state index contributed by atoms with van der Waals surface area (Å²) < 4.78 is 0. The Labute approximate surface area is 86.6 Å². The molecule has 0 spiro atoms. The highest BCUT2D eigenvalue weighted by Gasteiger charge is 1.88. The van der Waals surface area contributed by atoms with Gasteiger partial charge in [-0.3, -0.25) is 0 Å². The molecule has 4 nitrogen and oxygen atoms in total. The topological polar surface area (TPSA) is 90.1 Å². The van der Waals surface area contributed by atoms with Crippen molar-refractivity contribution in [2.24, 2.45) is 10.9 Å². The van der Waals surface area contributed by atoms with Crippen molar-refractivity contribution in [2.75, 3.05) is 0 Å². The Morgan fingerprint density at radius 2 is 1.93 bits per heavy atom. The van der Waals surface area contributed by atoms with Crippen molar-refractivity contribution in [3.05, 3.63) is 40.9 Å². The van der Waals surface area contributed by atoms with Gasteiger partial charge in [-0.1, -0.05) is 35.0 Å². The quantitative estimate of drug-likeness (QED) is 0.336. The lowest BCUT2D eigenvalue weighted by atomic mass is 10.2. The molecule has 76 valence electrons. The third-order valence-electron chi connectivity index (χ3n) is 1.43. The smallest absolute Gasteiger partial charge is 0.162 e. The van der Waals surface area contributed by atoms with E-state index in [9.17, 15) is 0 Å². The van der Waals surface area contributed by atoms with E-state index in [1.165, 1.54) is 6.08 Å². The predicted molar refractivity (Wildman–Crippen MR) is 57.5 cm³/mol. The van der Waals surface area contributed by atoms with Gasteiger partial charge in [0.2, 0.25) is 0 Å². The lowest BCUT2D eigenvalue weighted by Crippen LogP contribution is -2.06. The van der Waals surface area contributed by atoms with E-state index in [1.54, 1.807) is 18.2 Å². The highest BCUT2D eigenvalue weighted by Crippen LogP contribution is 2.10. The van der Waals surface area contributed by atoms with Gasteiger partial charge in [0.05, 0.1) is 0 Å². The van der Waals surface area contributed by atoms with E-state index in [0.717, 1.165) is 5.56 Å². The molecule has 0 amide bonds. The fraction of sp³-hybridized carbons (Fsp3) is 0. The lowest BCUT2D eigenvalue weighted by Gasteiger charge is -1.92. The number of oxime groups is 1. The first kappa shape index (κ1) is 12.5. The number of halogens is 1. The third kappa shape index (κ3) is 3.93. The number of nitrogens with zero attached hydrogens (tertiary/aromatic N) is 1. The van der Waals surface area contributed by atoms with Crippen LogP contribution in [0.4, 0.5) is 0 Å². The zero-order chi connectivity index (χ0) is 9.68. The number of benzene rings is 1. The Hall–Kier alpha value is -1.52. The largest absolute Gasteiger partial charge is 0.412 e. The average molecular weight is 215 g/mol. The summed E-state index contributed by atoms with van der Waals surface area (Å²) in [5.41, 5.74) is 6.18. The van der Waals surface area contributed by atoms with Crippen LogP contribution in [0.3, 0.4) is 0 Å². The molecule has 0 saturated carbocycles. The van der Waals surface area contributed by atoms with E-state index in [0.29, 0.717) is 5.02 Å². The Morgan fingerprint density at radius 1 is 1.36 bits per heavy atom. The molecule has 0 aromatic heterocycles. The summed E-state index contributed by atoms with van der Waals surface area (Å²) in [5.74, 6) is 0.0648. The number of hydrogen-bond acceptors (Lipinski definition) is 2. The van der Waals surface area contributed by atoms with E-state index in [-0.39, 0.29) is 11.3 Å². The number of hydrogen-bond donors (Lipinski definition) is 2. The molecule has 0 aliphatic carbocycles. The molecule has 0 atom stereocenters. The Kier molecular flexibility index (Phi) is 5.36. The van der Waals surface area contributed by atoms with E-state index < -0.39 is 0 Å². The van der Waals surface area contributed by atoms with E-state index in [1.807, 2.05) is 12.1 Å². The van der Waals surface area contributed by atoms with Gasteiger partial charge < -0.3 is 16.4 Å². The first-order valence-electron chi connectivity index (χ1n) is 3.63. The van der Waals surface area contributed by atoms with Crippen LogP contribution in [-0.2, 0) is 0 Å². The molecule has 0 aliphatic rings. The minimum absolute atomic E-state index is 0. The maximum Gasteiger partial charge on any atom is 0.162 e. The second-order valence-electron chi connectivity index (χ2n) is 2.41. The van der Waals surface area contributed by atoms with Crippen LogP contribution in [0.25, 0.3) is 6.08 Å². The molecule has 0 saturated heterocycles. The zero-order valence-corrected chi connectivity index (χ0v) is 8.07. The van der Waals surface area contributed by atoms with Crippen LogP contribution in [0.5, 0.6) is 0 Å².